The van der Waals surface area contributed by atoms with Crippen LogP contribution < -0.4 is 0 Å². The Morgan fingerprint density at radius 2 is 1.55 bits per heavy atom. The Bertz CT molecular complexity index is 719. The fourth-order valence-electron chi connectivity index (χ4n) is 1.70. The Morgan fingerprint density at radius 1 is 0.900 bits per heavy atom. The molecule has 0 saturated carbocycles. The fourth-order valence-corrected chi connectivity index (χ4v) is 2.96. The Balaban J connectivity index is 2.11. The van der Waals surface area contributed by atoms with E-state index in [2.05, 4.69) is 15.0 Å². The van der Waals surface area contributed by atoms with Gasteiger partial charge in [0.1, 0.15) is 16.0 Å². The lowest BCUT2D eigenvalue weighted by Gasteiger charge is -2.07. The number of nitrogens with zero attached hydrogens (tertiary/aromatic N) is 3. The molecular weight excluding hydrogens is 337 g/mol. The number of aromatic nitrogens is 3. The molecule has 0 unspecified atom stereocenters. The first-order valence-electron chi connectivity index (χ1n) is 5.52. The largest absolute Gasteiger partial charge is 0.241 e. The number of halogens is 3. The van der Waals surface area contributed by atoms with Gasteiger partial charge in [0.2, 0.25) is 0 Å². The normalized spacial score (nSPS) is 10.8. The maximum atomic E-state index is 6.23. The second-order valence-electron chi connectivity index (χ2n) is 3.88. The minimum Gasteiger partial charge on any atom is -0.241 e. The number of rotatable bonds is 2. The number of benzene rings is 1. The summed E-state index contributed by atoms with van der Waals surface area (Å²) in [5.74, 6) is 0.416. The van der Waals surface area contributed by atoms with Crippen molar-refractivity contribution in [2.45, 2.75) is 0 Å². The van der Waals surface area contributed by atoms with Gasteiger partial charge in [-0.1, -0.05) is 46.9 Å². The molecule has 7 heteroatoms. The average molecular weight is 343 g/mol. The van der Waals surface area contributed by atoms with Gasteiger partial charge in [0.15, 0.2) is 5.82 Å². The van der Waals surface area contributed by atoms with Crippen LogP contribution in [-0.2, 0) is 0 Å². The molecule has 1 aromatic carbocycles. The zero-order chi connectivity index (χ0) is 14.1. The SMILES string of the molecule is Clc1ccc(-c2c(Cl)nc(-c3cscn3)nc2Cl)cc1. The van der Waals surface area contributed by atoms with E-state index in [4.69, 9.17) is 34.8 Å². The van der Waals surface area contributed by atoms with Crippen molar-refractivity contribution in [3.63, 3.8) is 0 Å². The average Bonchev–Trinajstić information content (AvgIpc) is 2.94. The van der Waals surface area contributed by atoms with Crippen LogP contribution >= 0.6 is 46.1 Å². The highest BCUT2D eigenvalue weighted by atomic mass is 35.5. The molecular formula is C13H6Cl3N3S. The van der Waals surface area contributed by atoms with Gasteiger partial charge in [-0.15, -0.1) is 11.3 Å². The van der Waals surface area contributed by atoms with Crippen LogP contribution in [0, 0.1) is 0 Å². The summed E-state index contributed by atoms with van der Waals surface area (Å²) < 4.78 is 0. The minimum absolute atomic E-state index is 0.287. The standard InChI is InChI=1S/C13H6Cl3N3S/c14-8-3-1-7(2-4-8)10-11(15)18-13(19-12(10)16)9-5-20-6-17-9/h1-6H. The van der Waals surface area contributed by atoms with Gasteiger partial charge in [-0.2, -0.15) is 0 Å². The van der Waals surface area contributed by atoms with Crippen LogP contribution in [0.5, 0.6) is 0 Å². The molecule has 100 valence electrons. The summed E-state index contributed by atoms with van der Waals surface area (Å²) in [5, 5.41) is 3.05. The van der Waals surface area contributed by atoms with Crippen molar-refractivity contribution in [2.24, 2.45) is 0 Å². The number of hydrogen-bond donors (Lipinski definition) is 0. The quantitative estimate of drug-likeness (QED) is 0.599. The summed E-state index contributed by atoms with van der Waals surface area (Å²) in [7, 11) is 0. The molecule has 0 amide bonds. The molecule has 0 radical (unpaired) electrons. The first-order chi connectivity index (χ1) is 9.65. The summed E-state index contributed by atoms with van der Waals surface area (Å²) in [5.41, 5.74) is 3.76. The molecule has 3 nitrogen and oxygen atoms in total. The van der Waals surface area contributed by atoms with Crippen LogP contribution in [0.2, 0.25) is 15.3 Å². The van der Waals surface area contributed by atoms with Crippen LogP contribution in [0.25, 0.3) is 22.6 Å². The smallest absolute Gasteiger partial charge is 0.181 e. The molecule has 2 aromatic heterocycles. The van der Waals surface area contributed by atoms with Crippen molar-refractivity contribution in [3.05, 3.63) is 50.5 Å². The van der Waals surface area contributed by atoms with Crippen molar-refractivity contribution >= 4 is 46.1 Å². The Labute approximate surface area is 134 Å². The van der Waals surface area contributed by atoms with Crippen LogP contribution in [0.3, 0.4) is 0 Å². The summed E-state index contributed by atoms with van der Waals surface area (Å²) in [6.07, 6.45) is 0. The lowest BCUT2D eigenvalue weighted by molar-refractivity contribution is 1.15. The molecule has 2 heterocycles. The van der Waals surface area contributed by atoms with E-state index in [-0.39, 0.29) is 10.3 Å². The van der Waals surface area contributed by atoms with Crippen LogP contribution in [0.1, 0.15) is 0 Å². The molecule has 0 saturated heterocycles. The van der Waals surface area contributed by atoms with Crippen LogP contribution in [-0.4, -0.2) is 15.0 Å². The lowest BCUT2D eigenvalue weighted by Crippen LogP contribution is -1.94. The topological polar surface area (TPSA) is 38.7 Å². The zero-order valence-corrected chi connectivity index (χ0v) is 12.9. The second kappa shape index (κ2) is 5.66. The van der Waals surface area contributed by atoms with E-state index in [1.165, 1.54) is 11.3 Å². The first kappa shape index (κ1) is 13.8. The van der Waals surface area contributed by atoms with Gasteiger partial charge in [0.25, 0.3) is 0 Å². The van der Waals surface area contributed by atoms with Gasteiger partial charge in [0, 0.05) is 10.4 Å². The van der Waals surface area contributed by atoms with Gasteiger partial charge in [0.05, 0.1) is 11.1 Å². The Hall–Kier alpha value is -1.20. The second-order valence-corrected chi connectivity index (χ2v) is 5.76. The third-order valence-corrected chi connectivity index (χ3v) is 4.00. The first-order valence-corrected chi connectivity index (χ1v) is 7.60. The molecule has 20 heavy (non-hydrogen) atoms. The zero-order valence-electron chi connectivity index (χ0n) is 9.85. The van der Waals surface area contributed by atoms with Crippen molar-refractivity contribution in [1.82, 2.24) is 15.0 Å². The molecule has 0 fully saturated rings. The number of hydrogen-bond acceptors (Lipinski definition) is 4. The van der Waals surface area contributed by atoms with E-state index >= 15 is 0 Å². The third kappa shape index (κ3) is 2.65. The summed E-state index contributed by atoms with van der Waals surface area (Å²) in [6, 6.07) is 7.17. The van der Waals surface area contributed by atoms with Crippen molar-refractivity contribution in [1.29, 1.82) is 0 Å². The van der Waals surface area contributed by atoms with Crippen molar-refractivity contribution < 1.29 is 0 Å². The van der Waals surface area contributed by atoms with E-state index in [1.54, 1.807) is 17.6 Å². The van der Waals surface area contributed by atoms with E-state index in [9.17, 15) is 0 Å². The van der Waals surface area contributed by atoms with Gasteiger partial charge in [-0.3, -0.25) is 0 Å². The molecule has 3 rings (SSSR count). The predicted molar refractivity (Wildman–Crippen MR) is 83.6 cm³/mol. The molecule has 0 atom stereocenters. The monoisotopic (exact) mass is 341 g/mol. The van der Waals surface area contributed by atoms with E-state index in [0.29, 0.717) is 22.1 Å². The molecule has 0 N–H and O–H groups in total. The highest BCUT2D eigenvalue weighted by molar-refractivity contribution is 7.07. The summed E-state index contributed by atoms with van der Waals surface area (Å²) >= 11 is 19.8. The summed E-state index contributed by atoms with van der Waals surface area (Å²) in [6.45, 7) is 0. The molecule has 0 aliphatic rings. The third-order valence-electron chi connectivity index (χ3n) is 2.62. The van der Waals surface area contributed by atoms with E-state index in [1.807, 2.05) is 17.5 Å². The van der Waals surface area contributed by atoms with Gasteiger partial charge in [-0.05, 0) is 17.7 Å². The lowest BCUT2D eigenvalue weighted by atomic mass is 10.1. The molecule has 3 aromatic rings. The maximum Gasteiger partial charge on any atom is 0.181 e. The maximum absolute atomic E-state index is 6.23. The molecule has 0 bridgehead atoms. The van der Waals surface area contributed by atoms with E-state index < -0.39 is 0 Å². The highest BCUT2D eigenvalue weighted by Crippen LogP contribution is 2.34. The number of thiazole rings is 1. The predicted octanol–water partition coefficient (Wildman–Crippen LogP) is 5.23. The van der Waals surface area contributed by atoms with Gasteiger partial charge >= 0.3 is 0 Å². The van der Waals surface area contributed by atoms with Crippen LogP contribution in [0.15, 0.2) is 35.2 Å². The van der Waals surface area contributed by atoms with Crippen molar-refractivity contribution in [2.75, 3.05) is 0 Å². The van der Waals surface area contributed by atoms with E-state index in [0.717, 1.165) is 5.56 Å². The molecule has 0 spiro atoms. The van der Waals surface area contributed by atoms with Crippen molar-refractivity contribution in [3.8, 4) is 22.6 Å². The Morgan fingerprint density at radius 3 is 2.10 bits per heavy atom. The fraction of sp³-hybridized carbons (Fsp3) is 0. The van der Waals surface area contributed by atoms with Gasteiger partial charge in [-0.25, -0.2) is 15.0 Å². The van der Waals surface area contributed by atoms with Gasteiger partial charge < -0.3 is 0 Å². The Kier molecular flexibility index (Phi) is 3.89. The summed E-state index contributed by atoms with van der Waals surface area (Å²) in [4.78, 5) is 12.7. The molecule has 0 aliphatic carbocycles. The minimum atomic E-state index is 0.287. The molecule has 0 aliphatic heterocycles. The highest BCUT2D eigenvalue weighted by Gasteiger charge is 2.15. The van der Waals surface area contributed by atoms with Crippen LogP contribution in [0.4, 0.5) is 0 Å².